The normalized spacial score (nSPS) is 14.6. The Morgan fingerprint density at radius 3 is 1.90 bits per heavy atom. The van der Waals surface area contributed by atoms with E-state index in [4.69, 9.17) is 26.8 Å². The summed E-state index contributed by atoms with van der Waals surface area (Å²) in [6, 6.07) is -5.67. The van der Waals surface area contributed by atoms with E-state index in [0.717, 1.165) is 0 Å². The van der Waals surface area contributed by atoms with Crippen LogP contribution in [0.4, 0.5) is 0 Å². The summed E-state index contributed by atoms with van der Waals surface area (Å²) in [5, 5.41) is 32.8. The van der Waals surface area contributed by atoms with E-state index in [9.17, 15) is 28.8 Å². The minimum Gasteiger partial charge on any atom is -0.481 e. The predicted molar refractivity (Wildman–Crippen MR) is 94.8 cm³/mol. The number of rotatable bonds is 13. The standard InChI is InChI=1S/C15H25N5O9/c1-6(12(25)20-9(15(28)29)4-11(23)24)18-14(27)8(2-3-10(17)22)19-13(26)7(16)5-21/h6-9,21H,2-5,16H2,1H3,(H2,17,22)(H,18,27)(H,19,26)(H,20,25)(H,23,24)(H,28,29). The van der Waals surface area contributed by atoms with Gasteiger partial charge in [-0.1, -0.05) is 0 Å². The molecule has 0 aliphatic rings. The van der Waals surface area contributed by atoms with Crippen molar-refractivity contribution in [3.63, 3.8) is 0 Å². The van der Waals surface area contributed by atoms with Crippen molar-refractivity contribution < 1.29 is 44.1 Å². The first-order valence-corrected chi connectivity index (χ1v) is 8.39. The minimum atomic E-state index is -1.72. The molecule has 14 heteroatoms. The van der Waals surface area contributed by atoms with Crippen molar-refractivity contribution in [2.45, 2.75) is 50.4 Å². The third-order valence-electron chi connectivity index (χ3n) is 3.59. The van der Waals surface area contributed by atoms with Gasteiger partial charge in [-0.05, 0) is 13.3 Å². The predicted octanol–water partition coefficient (Wildman–Crippen LogP) is -4.39. The molecule has 0 radical (unpaired) electrons. The highest BCUT2D eigenvalue weighted by molar-refractivity contribution is 5.94. The van der Waals surface area contributed by atoms with E-state index in [2.05, 4.69) is 10.6 Å². The number of carboxylic acids is 2. The van der Waals surface area contributed by atoms with Crippen LogP contribution < -0.4 is 27.4 Å². The molecule has 14 nitrogen and oxygen atoms in total. The fraction of sp³-hybridized carbons (Fsp3) is 0.600. The van der Waals surface area contributed by atoms with E-state index in [-0.39, 0.29) is 12.8 Å². The van der Waals surface area contributed by atoms with Crippen molar-refractivity contribution in [2.24, 2.45) is 11.5 Å². The van der Waals surface area contributed by atoms with Crippen LogP contribution in [0, 0.1) is 0 Å². The topological polar surface area (TPSA) is 251 Å². The second kappa shape index (κ2) is 12.2. The van der Waals surface area contributed by atoms with Crippen molar-refractivity contribution in [1.29, 1.82) is 0 Å². The van der Waals surface area contributed by atoms with Crippen LogP contribution in [0.1, 0.15) is 26.2 Å². The molecular formula is C15H25N5O9. The number of nitrogens with one attached hydrogen (secondary N) is 3. The highest BCUT2D eigenvalue weighted by Gasteiger charge is 2.29. The lowest BCUT2D eigenvalue weighted by Crippen LogP contribution is -2.56. The minimum absolute atomic E-state index is 0.226. The Morgan fingerprint density at radius 2 is 1.45 bits per heavy atom. The summed E-state index contributed by atoms with van der Waals surface area (Å²) in [6.45, 7) is 0.494. The monoisotopic (exact) mass is 419 g/mol. The van der Waals surface area contributed by atoms with Crippen molar-refractivity contribution in [3.05, 3.63) is 0 Å². The molecule has 0 rings (SSSR count). The Labute approximate surface area is 165 Å². The highest BCUT2D eigenvalue weighted by Crippen LogP contribution is 2.01. The number of aliphatic hydroxyl groups is 1. The Bertz CT molecular complexity index is 654. The molecule has 0 aromatic carbocycles. The largest absolute Gasteiger partial charge is 0.481 e. The van der Waals surface area contributed by atoms with Crippen LogP contribution in [0.5, 0.6) is 0 Å². The summed E-state index contributed by atoms with van der Waals surface area (Å²) < 4.78 is 0. The van der Waals surface area contributed by atoms with E-state index < -0.39 is 72.8 Å². The number of aliphatic carboxylic acids is 2. The zero-order chi connectivity index (χ0) is 22.7. The van der Waals surface area contributed by atoms with Crippen LogP contribution in [-0.2, 0) is 28.8 Å². The van der Waals surface area contributed by atoms with Crippen molar-refractivity contribution >= 4 is 35.6 Å². The lowest BCUT2D eigenvalue weighted by molar-refractivity contribution is -0.147. The summed E-state index contributed by atoms with van der Waals surface area (Å²) in [4.78, 5) is 68.8. The number of hydrogen-bond donors (Lipinski definition) is 8. The van der Waals surface area contributed by atoms with Crippen LogP contribution in [0.15, 0.2) is 0 Å². The molecule has 0 spiro atoms. The average molecular weight is 419 g/mol. The van der Waals surface area contributed by atoms with Gasteiger partial charge in [-0.2, -0.15) is 0 Å². The number of carbonyl (C=O) groups is 6. The molecule has 0 saturated heterocycles. The van der Waals surface area contributed by atoms with Crippen LogP contribution in [0.2, 0.25) is 0 Å². The number of hydrogen-bond acceptors (Lipinski definition) is 8. The third-order valence-corrected chi connectivity index (χ3v) is 3.59. The first kappa shape index (κ1) is 25.7. The maximum atomic E-state index is 12.3. The van der Waals surface area contributed by atoms with Gasteiger partial charge in [-0.15, -0.1) is 0 Å². The zero-order valence-electron chi connectivity index (χ0n) is 15.6. The van der Waals surface area contributed by atoms with Gasteiger partial charge < -0.3 is 42.7 Å². The van der Waals surface area contributed by atoms with E-state index in [1.54, 1.807) is 0 Å². The molecule has 0 fully saturated rings. The number of primary amides is 1. The van der Waals surface area contributed by atoms with E-state index in [1.807, 2.05) is 5.32 Å². The lowest BCUT2D eigenvalue weighted by Gasteiger charge is -2.22. The van der Waals surface area contributed by atoms with Gasteiger partial charge in [-0.3, -0.25) is 24.0 Å². The molecule has 4 amide bonds. The molecule has 0 aromatic rings. The van der Waals surface area contributed by atoms with Crippen LogP contribution in [-0.4, -0.2) is 81.7 Å². The molecule has 0 saturated carbocycles. The summed E-state index contributed by atoms with van der Waals surface area (Å²) in [5.74, 6) is -6.57. The Hall–Kier alpha value is -3.26. The summed E-state index contributed by atoms with van der Waals surface area (Å²) in [6.07, 6.45) is -1.39. The molecule has 0 heterocycles. The van der Waals surface area contributed by atoms with Crippen molar-refractivity contribution in [3.8, 4) is 0 Å². The number of nitrogens with two attached hydrogens (primary N) is 2. The zero-order valence-corrected chi connectivity index (χ0v) is 15.6. The molecular weight excluding hydrogens is 394 g/mol. The summed E-state index contributed by atoms with van der Waals surface area (Å²) in [5.41, 5.74) is 10.4. The van der Waals surface area contributed by atoms with Gasteiger partial charge in [0.15, 0.2) is 0 Å². The fourth-order valence-corrected chi connectivity index (χ4v) is 1.97. The van der Waals surface area contributed by atoms with Gasteiger partial charge in [0.1, 0.15) is 24.2 Å². The second-order valence-electron chi connectivity index (χ2n) is 6.08. The maximum absolute atomic E-state index is 12.3. The quantitative estimate of drug-likeness (QED) is 0.142. The average Bonchev–Trinajstić information content (AvgIpc) is 2.62. The van der Waals surface area contributed by atoms with Crippen LogP contribution >= 0.6 is 0 Å². The SMILES string of the molecule is CC(NC(=O)C(CCC(N)=O)NC(=O)C(N)CO)C(=O)NC(CC(=O)O)C(=O)O. The van der Waals surface area contributed by atoms with Crippen LogP contribution in [0.3, 0.4) is 0 Å². The first-order chi connectivity index (χ1) is 13.4. The van der Waals surface area contributed by atoms with Gasteiger partial charge in [-0.25, -0.2) is 4.79 Å². The Balaban J connectivity index is 5.08. The second-order valence-corrected chi connectivity index (χ2v) is 6.08. The molecule has 29 heavy (non-hydrogen) atoms. The van der Waals surface area contributed by atoms with E-state index in [0.29, 0.717) is 0 Å². The molecule has 0 aromatic heterocycles. The lowest BCUT2D eigenvalue weighted by atomic mass is 10.1. The Morgan fingerprint density at radius 1 is 0.897 bits per heavy atom. The number of carbonyl (C=O) groups excluding carboxylic acids is 4. The maximum Gasteiger partial charge on any atom is 0.326 e. The molecule has 10 N–H and O–H groups in total. The summed E-state index contributed by atoms with van der Waals surface area (Å²) >= 11 is 0. The number of aliphatic hydroxyl groups excluding tert-OH is 1. The molecule has 4 atom stereocenters. The smallest absolute Gasteiger partial charge is 0.326 e. The van der Waals surface area contributed by atoms with E-state index in [1.165, 1.54) is 6.92 Å². The summed E-state index contributed by atoms with van der Waals surface area (Å²) in [7, 11) is 0. The Kier molecular flexibility index (Phi) is 10.9. The van der Waals surface area contributed by atoms with Gasteiger partial charge in [0.2, 0.25) is 23.6 Å². The molecule has 0 bridgehead atoms. The highest BCUT2D eigenvalue weighted by atomic mass is 16.4. The third kappa shape index (κ3) is 10.0. The van der Waals surface area contributed by atoms with Crippen molar-refractivity contribution in [1.82, 2.24) is 16.0 Å². The van der Waals surface area contributed by atoms with Gasteiger partial charge in [0.25, 0.3) is 0 Å². The van der Waals surface area contributed by atoms with Gasteiger partial charge in [0, 0.05) is 6.42 Å². The first-order valence-electron chi connectivity index (χ1n) is 8.39. The van der Waals surface area contributed by atoms with Gasteiger partial charge >= 0.3 is 11.9 Å². The molecule has 0 aliphatic carbocycles. The fourth-order valence-electron chi connectivity index (χ4n) is 1.97. The number of carboxylic acid groups (broad SMARTS) is 2. The molecule has 164 valence electrons. The van der Waals surface area contributed by atoms with E-state index >= 15 is 0 Å². The van der Waals surface area contributed by atoms with Crippen LogP contribution in [0.25, 0.3) is 0 Å². The molecule has 4 unspecified atom stereocenters. The number of amides is 4. The molecule has 0 aliphatic heterocycles. The van der Waals surface area contributed by atoms with Crippen molar-refractivity contribution in [2.75, 3.05) is 6.61 Å². The van der Waals surface area contributed by atoms with Gasteiger partial charge in [0.05, 0.1) is 13.0 Å².